The van der Waals surface area contributed by atoms with E-state index in [1.165, 1.54) is 5.06 Å². The highest BCUT2D eigenvalue weighted by Gasteiger charge is 2.44. The number of hydroxylamine groups is 2. The maximum atomic E-state index is 14.8. The maximum absolute atomic E-state index is 14.8. The van der Waals surface area contributed by atoms with Gasteiger partial charge in [-0.1, -0.05) is 85.9 Å². The summed E-state index contributed by atoms with van der Waals surface area (Å²) < 4.78 is 29.4. The van der Waals surface area contributed by atoms with Gasteiger partial charge in [-0.15, -0.1) is 0 Å². The van der Waals surface area contributed by atoms with Crippen molar-refractivity contribution in [2.75, 3.05) is 94.2 Å². The number of ketones is 3. The second kappa shape index (κ2) is 37.0. The molecule has 2 aliphatic heterocycles. The van der Waals surface area contributed by atoms with Crippen LogP contribution in [-0.4, -0.2) is 201 Å². The Morgan fingerprint density at radius 3 is 2.11 bits per heavy atom. The summed E-state index contributed by atoms with van der Waals surface area (Å²) in [6.07, 6.45) is 8.02. The lowest BCUT2D eigenvalue weighted by Crippen LogP contribution is -2.54. The zero-order valence-corrected chi connectivity index (χ0v) is 52.1. The van der Waals surface area contributed by atoms with Crippen LogP contribution in [0.3, 0.4) is 0 Å². The van der Waals surface area contributed by atoms with Gasteiger partial charge in [-0.25, -0.2) is 5.06 Å². The van der Waals surface area contributed by atoms with Crippen LogP contribution in [0.25, 0.3) is 10.9 Å². The number of unbranched alkanes of at least 4 members (excludes halogenated alkanes) is 2. The minimum Gasteiger partial charge on any atom is -0.480 e. The number of carbonyl (C=O) groups is 7. The van der Waals surface area contributed by atoms with Gasteiger partial charge in [0.05, 0.1) is 88.9 Å². The molecule has 3 heterocycles. The van der Waals surface area contributed by atoms with Gasteiger partial charge in [-0.3, -0.25) is 43.3 Å². The van der Waals surface area contributed by atoms with E-state index < -0.39 is 60.1 Å². The summed E-state index contributed by atoms with van der Waals surface area (Å²) in [4.78, 5) is 110. The number of carboxylic acids is 1. The van der Waals surface area contributed by atoms with Crippen LogP contribution in [0.15, 0.2) is 30.5 Å². The van der Waals surface area contributed by atoms with E-state index in [0.29, 0.717) is 117 Å². The minimum atomic E-state index is -1.01. The zero-order chi connectivity index (χ0) is 61.2. The van der Waals surface area contributed by atoms with Gasteiger partial charge in [0.1, 0.15) is 17.6 Å². The first-order valence-electron chi connectivity index (χ1n) is 30.8. The van der Waals surface area contributed by atoms with Crippen molar-refractivity contribution in [2.24, 2.45) is 41.2 Å². The number of hydrogen-bond acceptors (Lipinski definition) is 15. The Morgan fingerprint density at radius 2 is 1.48 bits per heavy atom. The number of aromatic nitrogens is 1. The van der Waals surface area contributed by atoms with Gasteiger partial charge in [0, 0.05) is 95.5 Å². The number of carbonyl (C=O) groups excluding carboxylic acids is 6. The number of para-hydroxylation sites is 1. The molecule has 0 saturated carbocycles. The van der Waals surface area contributed by atoms with Gasteiger partial charge < -0.3 is 49.3 Å². The van der Waals surface area contributed by atoms with Crippen LogP contribution in [0.5, 0.6) is 0 Å². The van der Waals surface area contributed by atoms with E-state index in [1.54, 1.807) is 26.2 Å². The van der Waals surface area contributed by atoms with E-state index in [0.717, 1.165) is 42.1 Å². The number of likely N-dealkylation sites (N-methyl/N-ethyl adjacent to an activating group) is 2. The number of nitrogens with two attached hydrogens (primary N) is 1. The Bertz CT molecular complexity index is 2310. The molecule has 2 saturated heterocycles. The third-order valence-corrected chi connectivity index (χ3v) is 17.2. The van der Waals surface area contributed by atoms with Crippen molar-refractivity contribution in [1.82, 2.24) is 24.7 Å². The number of aromatic amines is 1. The molecular formula is C63H104N6O14. The number of nitrogens with zero attached hydrogens (tertiary/aromatic N) is 4. The van der Waals surface area contributed by atoms with Crippen molar-refractivity contribution in [3.63, 3.8) is 0 Å². The predicted octanol–water partition coefficient (Wildman–Crippen LogP) is 7.32. The Labute approximate surface area is 494 Å². The van der Waals surface area contributed by atoms with Gasteiger partial charge in [-0.05, 0) is 81.4 Å². The molecule has 1 aromatic carbocycles. The number of carboxylic acid groups (broad SMARTS) is 1. The van der Waals surface area contributed by atoms with E-state index in [9.17, 15) is 33.6 Å². The number of amides is 3. The first-order valence-corrected chi connectivity index (χ1v) is 30.8. The van der Waals surface area contributed by atoms with Gasteiger partial charge in [0.2, 0.25) is 17.7 Å². The molecule has 20 heteroatoms. The summed E-state index contributed by atoms with van der Waals surface area (Å²) in [7, 11) is 6.80. The SMILES string of the molecule is CC[C@H](C)C([C@@H](CC(=O)N1CCC[C@H]1[C@H](OC)[C@@H](C)C(=O)C[C@@H](Cc1c[nH]c2ccccc12)C(=O)N1CCCCO1)OC)N(C)C(=O)C(CC(=O)[C@H](C(C)C)N(C)CCOCCOCCOCCC(=O)CCCCC[C@H](N)C(=O)O)C(C)C. The Balaban J connectivity index is 1.30. The molecule has 2 unspecified atom stereocenters. The molecule has 2 fully saturated rings. The number of ether oxygens (including phenoxy) is 5. The lowest BCUT2D eigenvalue weighted by Gasteiger charge is -2.41. The number of likely N-dealkylation sites (tertiary alicyclic amines) is 1. The quantitative estimate of drug-likeness (QED) is 0.0551. The number of rotatable bonds is 42. The molecule has 4 N–H and O–H groups in total. The molecule has 10 atom stereocenters. The fourth-order valence-corrected chi connectivity index (χ4v) is 12.1. The van der Waals surface area contributed by atoms with Crippen LogP contribution in [0.4, 0.5) is 0 Å². The summed E-state index contributed by atoms with van der Waals surface area (Å²) in [6.45, 7) is 17.9. The van der Waals surface area contributed by atoms with Crippen LogP contribution in [0.2, 0.25) is 0 Å². The molecule has 1 aromatic heterocycles. The number of methoxy groups -OCH3 is 2. The molecule has 470 valence electrons. The van der Waals surface area contributed by atoms with Gasteiger partial charge in [-0.2, -0.15) is 0 Å². The van der Waals surface area contributed by atoms with Crippen molar-refractivity contribution in [1.29, 1.82) is 0 Å². The van der Waals surface area contributed by atoms with Crippen LogP contribution in [0.1, 0.15) is 144 Å². The molecule has 2 aliphatic rings. The van der Waals surface area contributed by atoms with Gasteiger partial charge >= 0.3 is 5.97 Å². The molecule has 3 amide bonds. The van der Waals surface area contributed by atoms with Crippen molar-refractivity contribution in [2.45, 2.75) is 181 Å². The van der Waals surface area contributed by atoms with Gasteiger partial charge in [0.25, 0.3) is 0 Å². The topological polar surface area (TPSA) is 250 Å². The number of benzene rings is 1. The number of H-pyrrole nitrogens is 1. The number of Topliss-reactive ketones (excluding diaryl/α,β-unsaturated/α-hetero) is 3. The fourth-order valence-electron chi connectivity index (χ4n) is 12.1. The third kappa shape index (κ3) is 22.0. The highest BCUT2D eigenvalue weighted by molar-refractivity contribution is 5.91. The van der Waals surface area contributed by atoms with Crippen LogP contribution in [0, 0.1) is 35.5 Å². The fraction of sp³-hybridized carbons (Fsp3) is 0.762. The van der Waals surface area contributed by atoms with Crippen molar-refractivity contribution in [3.8, 4) is 0 Å². The molecule has 2 aromatic rings. The van der Waals surface area contributed by atoms with Crippen molar-refractivity contribution < 1.29 is 67.2 Å². The summed E-state index contributed by atoms with van der Waals surface area (Å²) in [5.74, 6) is -3.79. The first kappa shape index (κ1) is 70.8. The summed E-state index contributed by atoms with van der Waals surface area (Å²) >= 11 is 0. The largest absolute Gasteiger partial charge is 0.480 e. The van der Waals surface area contributed by atoms with E-state index in [-0.39, 0.29) is 72.1 Å². The van der Waals surface area contributed by atoms with Crippen molar-refractivity contribution >= 4 is 51.9 Å². The van der Waals surface area contributed by atoms with E-state index in [2.05, 4.69) is 11.9 Å². The Kier molecular flexibility index (Phi) is 31.6. The molecule has 0 radical (unpaired) electrons. The standard InChI is InChI=1S/C63H104N6O14/c1-12-44(6)59(67(9)62(75)50(42(2)3)39-55(72)58(43(4)5)66(8)29-32-81-34-36-82-35-33-80-31-26-48(70)21-14-13-15-23-51(64)63(76)77)56(78-10)40-57(73)68-27-20-25-53(68)60(79-11)45(7)54(71)38-46(61(74)69-28-18-19-30-83-69)37-47-41-65-52-24-17-16-22-49(47)52/h16-17,22,24,41-46,50-51,53,56,58-60,65H,12-15,18-21,23,25-40,64H2,1-11H3,(H,76,77)/t44-,45-,46+,50?,51-,53-,56+,58-,59?,60+/m0/s1. The van der Waals surface area contributed by atoms with Gasteiger partial charge in [0.15, 0.2) is 5.78 Å². The molecule has 20 nitrogen and oxygen atoms in total. The Morgan fingerprint density at radius 1 is 0.795 bits per heavy atom. The molecule has 0 aliphatic carbocycles. The third-order valence-electron chi connectivity index (χ3n) is 17.2. The molecule has 0 spiro atoms. The minimum absolute atomic E-state index is 0.00742. The predicted molar refractivity (Wildman–Crippen MR) is 318 cm³/mol. The second-order valence-electron chi connectivity index (χ2n) is 23.9. The number of aliphatic carboxylic acids is 1. The second-order valence-corrected chi connectivity index (χ2v) is 23.9. The van der Waals surface area contributed by atoms with Crippen LogP contribution in [-0.2, 0) is 68.5 Å². The Hall–Kier alpha value is -4.67. The summed E-state index contributed by atoms with van der Waals surface area (Å²) in [6, 6.07) is 5.70. The number of fused-ring (bicyclic) bond motifs is 1. The number of hydrogen-bond donors (Lipinski definition) is 3. The maximum Gasteiger partial charge on any atom is 0.320 e. The van der Waals surface area contributed by atoms with E-state index >= 15 is 0 Å². The highest BCUT2D eigenvalue weighted by atomic mass is 16.7. The lowest BCUT2D eigenvalue weighted by molar-refractivity contribution is -0.201. The molecule has 0 bridgehead atoms. The van der Waals surface area contributed by atoms with E-state index in [4.69, 9.17) is 39.4 Å². The number of nitrogens with one attached hydrogen (secondary N) is 1. The van der Waals surface area contributed by atoms with Crippen LogP contribution >= 0.6 is 0 Å². The summed E-state index contributed by atoms with van der Waals surface area (Å²) in [5.41, 5.74) is 7.43. The molecule has 83 heavy (non-hydrogen) atoms. The average molecular weight is 1170 g/mol. The molecular weight excluding hydrogens is 1060 g/mol. The normalized spacial score (nSPS) is 18.2. The first-order chi connectivity index (χ1) is 39.7. The van der Waals surface area contributed by atoms with E-state index in [1.807, 2.05) is 88.9 Å². The molecule has 4 rings (SSSR count). The lowest BCUT2D eigenvalue weighted by atomic mass is 9.83. The average Bonchev–Trinajstić information content (AvgIpc) is 4.12. The van der Waals surface area contributed by atoms with Crippen molar-refractivity contribution in [3.05, 3.63) is 36.0 Å². The van der Waals surface area contributed by atoms with Crippen LogP contribution < -0.4 is 5.73 Å². The zero-order valence-electron chi connectivity index (χ0n) is 52.1. The summed E-state index contributed by atoms with van der Waals surface area (Å²) in [5, 5.41) is 11.3. The highest BCUT2D eigenvalue weighted by Crippen LogP contribution is 2.33. The monoisotopic (exact) mass is 1170 g/mol. The smallest absolute Gasteiger partial charge is 0.320 e.